The minimum absolute atomic E-state index is 0.154. The number of hydrogen-bond donors (Lipinski definition) is 1. The maximum Gasteiger partial charge on any atom is 0.282 e. The molecule has 3 aromatic carbocycles. The summed E-state index contributed by atoms with van der Waals surface area (Å²) in [5.74, 6) is -0.940. The van der Waals surface area contributed by atoms with E-state index in [1.807, 2.05) is 62.4 Å². The van der Waals surface area contributed by atoms with Crippen LogP contribution in [0.5, 0.6) is 0 Å². The van der Waals surface area contributed by atoms with Gasteiger partial charge in [-0.05, 0) is 49.2 Å². The summed E-state index contributed by atoms with van der Waals surface area (Å²) in [6.07, 6.45) is 0. The highest BCUT2D eigenvalue weighted by atomic mass is 35.5. The summed E-state index contributed by atoms with van der Waals surface area (Å²) in [7, 11) is 0. The monoisotopic (exact) mass is 436 g/mol. The number of nitrogens with one attached hydrogen (secondary N) is 1. The molecule has 0 aromatic heterocycles. The highest BCUT2D eigenvalue weighted by Crippen LogP contribution is 2.39. The number of hydrogen-bond acceptors (Lipinski definition) is 3. The molecule has 0 radical (unpaired) electrons. The van der Waals surface area contributed by atoms with E-state index >= 15 is 0 Å². The number of halogens is 2. The molecule has 0 saturated carbocycles. The second-order valence-corrected chi connectivity index (χ2v) is 7.91. The predicted octanol–water partition coefficient (Wildman–Crippen LogP) is 6.01. The van der Waals surface area contributed by atoms with Crippen LogP contribution >= 0.6 is 23.2 Å². The number of carbonyl (C=O) groups is 2. The van der Waals surface area contributed by atoms with Crippen molar-refractivity contribution in [2.75, 3.05) is 10.2 Å². The number of carbonyl (C=O) groups excluding carboxylic acids is 2. The third-order valence-electron chi connectivity index (χ3n) is 4.88. The molecule has 6 heteroatoms. The van der Waals surface area contributed by atoms with E-state index in [4.69, 9.17) is 23.2 Å². The van der Waals surface area contributed by atoms with Crippen LogP contribution in [0.15, 0.2) is 72.4 Å². The normalized spacial score (nSPS) is 13.9. The van der Waals surface area contributed by atoms with Gasteiger partial charge in [0, 0.05) is 5.69 Å². The molecule has 0 atom stereocenters. The number of aryl methyl sites for hydroxylation is 2. The van der Waals surface area contributed by atoms with Crippen molar-refractivity contribution in [3.8, 4) is 0 Å². The molecule has 1 heterocycles. The van der Waals surface area contributed by atoms with E-state index in [1.165, 1.54) is 0 Å². The maximum atomic E-state index is 13.4. The Morgan fingerprint density at radius 1 is 0.800 bits per heavy atom. The van der Waals surface area contributed by atoms with Gasteiger partial charge in [-0.15, -0.1) is 0 Å². The smallest absolute Gasteiger partial charge is 0.282 e. The Morgan fingerprint density at radius 3 is 2.20 bits per heavy atom. The van der Waals surface area contributed by atoms with E-state index in [0.717, 1.165) is 21.7 Å². The number of imide groups is 1. The van der Waals surface area contributed by atoms with Gasteiger partial charge in [0.1, 0.15) is 5.70 Å². The van der Waals surface area contributed by atoms with Crippen molar-refractivity contribution in [1.29, 1.82) is 0 Å². The zero-order valence-corrected chi connectivity index (χ0v) is 17.9. The fourth-order valence-corrected chi connectivity index (χ4v) is 3.76. The van der Waals surface area contributed by atoms with E-state index in [9.17, 15) is 9.59 Å². The lowest BCUT2D eigenvalue weighted by molar-refractivity contribution is -0.120. The van der Waals surface area contributed by atoms with E-state index in [-0.39, 0.29) is 27.0 Å². The van der Waals surface area contributed by atoms with Crippen LogP contribution < -0.4 is 10.2 Å². The van der Waals surface area contributed by atoms with Gasteiger partial charge in [0.15, 0.2) is 0 Å². The molecular weight excluding hydrogens is 419 g/mol. The van der Waals surface area contributed by atoms with Gasteiger partial charge in [0.2, 0.25) is 0 Å². The van der Waals surface area contributed by atoms with Crippen LogP contribution in [0.25, 0.3) is 5.57 Å². The van der Waals surface area contributed by atoms with E-state index < -0.39 is 11.8 Å². The molecule has 1 aliphatic rings. The summed E-state index contributed by atoms with van der Waals surface area (Å²) in [4.78, 5) is 27.9. The van der Waals surface area contributed by atoms with Gasteiger partial charge in [0.25, 0.3) is 11.8 Å². The SMILES string of the molecule is Cc1ccc(C2=C(Nc3cccc(C)c3)C(=O)N(c3cccc(Cl)c3Cl)C2=O)cc1. The summed E-state index contributed by atoms with van der Waals surface area (Å²) in [6, 6.07) is 19.9. The molecule has 1 N–H and O–H groups in total. The fourth-order valence-electron chi connectivity index (χ4n) is 3.38. The molecule has 30 heavy (non-hydrogen) atoms. The van der Waals surface area contributed by atoms with Gasteiger partial charge in [-0.2, -0.15) is 0 Å². The number of amides is 2. The lowest BCUT2D eigenvalue weighted by Gasteiger charge is -2.17. The molecule has 0 spiro atoms. The molecule has 4 rings (SSSR count). The maximum absolute atomic E-state index is 13.4. The molecule has 0 unspecified atom stereocenters. The Labute approximate surface area is 184 Å². The van der Waals surface area contributed by atoms with Crippen molar-refractivity contribution in [3.05, 3.63) is 99.2 Å². The van der Waals surface area contributed by atoms with Crippen LogP contribution in [-0.4, -0.2) is 11.8 Å². The number of nitrogens with zero attached hydrogens (tertiary/aromatic N) is 1. The topological polar surface area (TPSA) is 49.4 Å². The van der Waals surface area contributed by atoms with Crippen LogP contribution in [0.3, 0.4) is 0 Å². The van der Waals surface area contributed by atoms with Crippen molar-refractivity contribution in [3.63, 3.8) is 0 Å². The van der Waals surface area contributed by atoms with Gasteiger partial charge in [-0.3, -0.25) is 9.59 Å². The van der Waals surface area contributed by atoms with Crippen molar-refractivity contribution >= 4 is 52.0 Å². The van der Waals surface area contributed by atoms with Gasteiger partial charge >= 0.3 is 0 Å². The first kappa shape index (κ1) is 20.2. The quantitative estimate of drug-likeness (QED) is 0.509. The molecule has 0 aliphatic carbocycles. The first-order valence-corrected chi connectivity index (χ1v) is 10.1. The zero-order chi connectivity index (χ0) is 21.4. The largest absolute Gasteiger partial charge is 0.350 e. The van der Waals surface area contributed by atoms with Gasteiger partial charge in [-0.25, -0.2) is 4.90 Å². The molecule has 4 nitrogen and oxygen atoms in total. The lowest BCUT2D eigenvalue weighted by atomic mass is 10.0. The Hall–Kier alpha value is -3.08. The third-order valence-corrected chi connectivity index (χ3v) is 5.69. The third kappa shape index (κ3) is 3.60. The highest BCUT2D eigenvalue weighted by Gasteiger charge is 2.41. The molecular formula is C24H18Cl2N2O2. The first-order valence-electron chi connectivity index (χ1n) is 9.34. The Balaban J connectivity index is 1.86. The van der Waals surface area contributed by atoms with Gasteiger partial charge in [-0.1, -0.05) is 71.2 Å². The second-order valence-electron chi connectivity index (χ2n) is 7.13. The predicted molar refractivity (Wildman–Crippen MR) is 122 cm³/mol. The summed E-state index contributed by atoms with van der Waals surface area (Å²) in [5.41, 5.74) is 4.19. The standard InChI is InChI=1S/C24H18Cl2N2O2/c1-14-9-11-16(12-10-14)20-22(27-17-6-3-5-15(2)13-17)24(30)28(23(20)29)19-8-4-7-18(25)21(19)26/h3-13,27H,1-2H3. The van der Waals surface area contributed by atoms with Crippen molar-refractivity contribution < 1.29 is 9.59 Å². The summed E-state index contributed by atoms with van der Waals surface area (Å²) < 4.78 is 0. The molecule has 3 aromatic rings. The number of rotatable bonds is 4. The fraction of sp³-hybridized carbons (Fsp3) is 0.0833. The van der Waals surface area contributed by atoms with Gasteiger partial charge in [0.05, 0.1) is 21.3 Å². The molecule has 150 valence electrons. The molecule has 0 saturated heterocycles. The average Bonchev–Trinajstić information content (AvgIpc) is 2.95. The minimum atomic E-state index is -0.485. The average molecular weight is 437 g/mol. The highest BCUT2D eigenvalue weighted by molar-refractivity contribution is 6.50. The van der Waals surface area contributed by atoms with Crippen LogP contribution in [0.4, 0.5) is 11.4 Å². The minimum Gasteiger partial charge on any atom is -0.350 e. The summed E-state index contributed by atoms with van der Waals surface area (Å²) in [6.45, 7) is 3.92. The van der Waals surface area contributed by atoms with Crippen LogP contribution in [0.1, 0.15) is 16.7 Å². The number of benzene rings is 3. The summed E-state index contributed by atoms with van der Waals surface area (Å²) >= 11 is 12.5. The van der Waals surface area contributed by atoms with E-state index in [0.29, 0.717) is 5.56 Å². The van der Waals surface area contributed by atoms with Crippen LogP contribution in [-0.2, 0) is 9.59 Å². The summed E-state index contributed by atoms with van der Waals surface area (Å²) in [5, 5.41) is 3.57. The van der Waals surface area contributed by atoms with Crippen molar-refractivity contribution in [1.82, 2.24) is 0 Å². The second kappa shape index (κ2) is 7.98. The van der Waals surface area contributed by atoms with Gasteiger partial charge < -0.3 is 5.32 Å². The lowest BCUT2D eigenvalue weighted by Crippen LogP contribution is -2.32. The Morgan fingerprint density at radius 2 is 1.50 bits per heavy atom. The Bertz CT molecular complexity index is 1200. The number of anilines is 2. The van der Waals surface area contributed by atoms with E-state index in [2.05, 4.69) is 5.32 Å². The van der Waals surface area contributed by atoms with Crippen LogP contribution in [0, 0.1) is 13.8 Å². The molecule has 2 amide bonds. The van der Waals surface area contributed by atoms with E-state index in [1.54, 1.807) is 18.2 Å². The molecule has 0 bridgehead atoms. The van der Waals surface area contributed by atoms with Crippen molar-refractivity contribution in [2.45, 2.75) is 13.8 Å². The molecule has 1 aliphatic heterocycles. The first-order chi connectivity index (χ1) is 14.4. The Kier molecular flexibility index (Phi) is 5.37. The van der Waals surface area contributed by atoms with Crippen LogP contribution in [0.2, 0.25) is 10.0 Å². The zero-order valence-electron chi connectivity index (χ0n) is 16.4. The van der Waals surface area contributed by atoms with Crippen molar-refractivity contribution in [2.24, 2.45) is 0 Å². The molecule has 0 fully saturated rings.